The first-order valence-corrected chi connectivity index (χ1v) is 16.0. The maximum atomic E-state index is 14.4. The highest BCUT2D eigenvalue weighted by molar-refractivity contribution is 5.92. The monoisotopic (exact) mass is 687 g/mol. The first-order chi connectivity index (χ1) is 23.3. The summed E-state index contributed by atoms with van der Waals surface area (Å²) < 4.78 is 63.9. The molecule has 262 valence electrons. The van der Waals surface area contributed by atoms with E-state index in [4.69, 9.17) is 4.74 Å². The molecule has 1 saturated heterocycles. The number of benzene rings is 1. The molecule has 17 heteroatoms. The molecule has 13 nitrogen and oxygen atoms in total. The summed E-state index contributed by atoms with van der Waals surface area (Å²) in [5.41, 5.74) is 0.295. The Morgan fingerprint density at radius 2 is 1.86 bits per heavy atom. The molecule has 3 aromatic heterocycles. The van der Waals surface area contributed by atoms with Gasteiger partial charge in [-0.05, 0) is 56.9 Å². The number of rotatable bonds is 8. The van der Waals surface area contributed by atoms with E-state index in [9.17, 15) is 32.3 Å². The third kappa shape index (κ3) is 6.46. The number of hydrogen-bond donors (Lipinski definition) is 2. The molecule has 1 fully saturated rings. The van der Waals surface area contributed by atoms with Crippen LogP contribution >= 0.6 is 0 Å². The zero-order valence-corrected chi connectivity index (χ0v) is 27.5. The maximum absolute atomic E-state index is 14.4. The average molecular weight is 688 g/mol. The van der Waals surface area contributed by atoms with Crippen molar-refractivity contribution in [3.8, 4) is 5.88 Å². The lowest BCUT2D eigenvalue weighted by Gasteiger charge is -2.37. The van der Waals surface area contributed by atoms with Gasteiger partial charge in [-0.25, -0.2) is 9.07 Å². The fraction of sp³-hybridized carbons (Fsp3) is 0.469. The molecule has 6 rings (SSSR count). The number of carbonyl (C=O) groups is 1. The van der Waals surface area contributed by atoms with Crippen molar-refractivity contribution in [2.24, 2.45) is 0 Å². The van der Waals surface area contributed by atoms with E-state index in [1.165, 1.54) is 16.1 Å². The van der Waals surface area contributed by atoms with Crippen LogP contribution in [-0.2, 0) is 28.7 Å². The number of piperazine rings is 1. The summed E-state index contributed by atoms with van der Waals surface area (Å²) in [7, 11) is 0. The number of alkyl halides is 3. The van der Waals surface area contributed by atoms with Gasteiger partial charge in [0.1, 0.15) is 23.7 Å². The lowest BCUT2D eigenvalue weighted by atomic mass is 10.1. The molecule has 5 heterocycles. The van der Waals surface area contributed by atoms with Crippen molar-refractivity contribution in [3.63, 3.8) is 0 Å². The molecule has 0 aliphatic carbocycles. The number of amides is 1. The van der Waals surface area contributed by atoms with Gasteiger partial charge in [-0.15, -0.1) is 5.10 Å². The van der Waals surface area contributed by atoms with E-state index in [0.29, 0.717) is 87.3 Å². The number of fused-ring (bicyclic) bond motifs is 1. The van der Waals surface area contributed by atoms with Crippen molar-refractivity contribution in [3.05, 3.63) is 63.2 Å². The van der Waals surface area contributed by atoms with Gasteiger partial charge in [0.15, 0.2) is 5.82 Å². The SMILES string of the molecule is CCc1c(N2CCN(c3cnn(C(C)C)c3O)CC2)c(=O)n2nc(C3=CCOCC3)nc2n1CC(=O)Nc1cc(F)c(C(F)(F)F)cc1C. The van der Waals surface area contributed by atoms with Gasteiger partial charge in [0.25, 0.3) is 5.56 Å². The minimum Gasteiger partial charge on any atom is -0.492 e. The van der Waals surface area contributed by atoms with E-state index >= 15 is 0 Å². The second-order valence-corrected chi connectivity index (χ2v) is 12.3. The minimum atomic E-state index is -4.89. The predicted molar refractivity (Wildman–Crippen MR) is 174 cm³/mol. The van der Waals surface area contributed by atoms with E-state index in [-0.39, 0.29) is 35.5 Å². The second kappa shape index (κ2) is 13.2. The van der Waals surface area contributed by atoms with Crippen LogP contribution in [-0.4, -0.2) is 79.4 Å². The van der Waals surface area contributed by atoms with Crippen LogP contribution in [0, 0.1) is 12.7 Å². The Balaban J connectivity index is 1.37. The summed E-state index contributed by atoms with van der Waals surface area (Å²) in [6.07, 6.45) is -0.590. The van der Waals surface area contributed by atoms with Crippen LogP contribution in [0.2, 0.25) is 0 Å². The summed E-state index contributed by atoms with van der Waals surface area (Å²) in [6, 6.07) is 1.27. The van der Waals surface area contributed by atoms with Gasteiger partial charge in [0.2, 0.25) is 17.6 Å². The summed E-state index contributed by atoms with van der Waals surface area (Å²) in [5.74, 6) is -1.68. The first kappa shape index (κ1) is 34.0. The Bertz CT molecular complexity index is 1990. The van der Waals surface area contributed by atoms with Crippen LogP contribution in [0.3, 0.4) is 0 Å². The van der Waals surface area contributed by atoms with Crippen LogP contribution < -0.4 is 20.7 Å². The molecule has 2 aliphatic rings. The zero-order chi connectivity index (χ0) is 35.2. The van der Waals surface area contributed by atoms with Crippen molar-refractivity contribution in [1.82, 2.24) is 28.9 Å². The maximum Gasteiger partial charge on any atom is 0.419 e. The number of nitrogens with zero attached hydrogens (tertiary/aromatic N) is 8. The van der Waals surface area contributed by atoms with Crippen LogP contribution in [0.25, 0.3) is 11.4 Å². The Kier molecular flexibility index (Phi) is 9.13. The Hall–Kier alpha value is -4.93. The molecule has 1 aromatic carbocycles. The largest absolute Gasteiger partial charge is 0.492 e. The summed E-state index contributed by atoms with van der Waals surface area (Å²) in [4.78, 5) is 36.3. The number of ether oxygens (including phenoxy) is 1. The fourth-order valence-electron chi connectivity index (χ4n) is 6.28. The number of hydrogen-bond acceptors (Lipinski definition) is 9. The molecule has 0 spiro atoms. The number of anilines is 3. The summed E-state index contributed by atoms with van der Waals surface area (Å²) >= 11 is 0. The van der Waals surface area contributed by atoms with Gasteiger partial charge >= 0.3 is 6.18 Å². The number of nitrogens with one attached hydrogen (secondary N) is 1. The second-order valence-electron chi connectivity index (χ2n) is 12.3. The highest BCUT2D eigenvalue weighted by Crippen LogP contribution is 2.35. The van der Waals surface area contributed by atoms with Crippen LogP contribution in [0.5, 0.6) is 5.88 Å². The van der Waals surface area contributed by atoms with Gasteiger partial charge in [0.05, 0.1) is 36.7 Å². The molecule has 1 amide bonds. The molecule has 4 aromatic rings. The minimum absolute atomic E-state index is 0.0302. The molecule has 2 N–H and O–H groups in total. The predicted octanol–water partition coefficient (Wildman–Crippen LogP) is 4.17. The Morgan fingerprint density at radius 1 is 1.14 bits per heavy atom. The molecule has 0 saturated carbocycles. The van der Waals surface area contributed by atoms with E-state index < -0.39 is 29.0 Å². The van der Waals surface area contributed by atoms with Crippen LogP contribution in [0.15, 0.2) is 29.2 Å². The van der Waals surface area contributed by atoms with E-state index in [2.05, 4.69) is 20.5 Å². The molecule has 0 unspecified atom stereocenters. The third-order valence-corrected chi connectivity index (χ3v) is 8.78. The fourth-order valence-corrected chi connectivity index (χ4v) is 6.28. The van der Waals surface area contributed by atoms with Crippen LogP contribution in [0.4, 0.5) is 34.6 Å². The Labute approximate surface area is 278 Å². The normalized spacial score (nSPS) is 15.7. The highest BCUT2D eigenvalue weighted by atomic mass is 19.4. The lowest BCUT2D eigenvalue weighted by Crippen LogP contribution is -2.49. The molecular formula is C32H37F4N9O4. The summed E-state index contributed by atoms with van der Waals surface area (Å²) in [6.45, 7) is 9.19. The molecule has 0 radical (unpaired) electrons. The molecule has 49 heavy (non-hydrogen) atoms. The number of aryl methyl sites for hydroxylation is 1. The number of aromatic hydroxyl groups is 1. The smallest absolute Gasteiger partial charge is 0.419 e. The van der Waals surface area contributed by atoms with Crippen molar-refractivity contribution in [2.45, 2.75) is 59.3 Å². The van der Waals surface area contributed by atoms with Crippen molar-refractivity contribution in [1.29, 1.82) is 0 Å². The Morgan fingerprint density at radius 3 is 2.47 bits per heavy atom. The van der Waals surface area contributed by atoms with Crippen molar-refractivity contribution >= 4 is 34.3 Å². The van der Waals surface area contributed by atoms with Crippen molar-refractivity contribution < 1.29 is 32.2 Å². The quantitative estimate of drug-likeness (QED) is 0.262. The van der Waals surface area contributed by atoms with E-state index in [1.807, 2.05) is 36.6 Å². The van der Waals surface area contributed by atoms with Gasteiger partial charge in [-0.3, -0.25) is 9.59 Å². The molecular weight excluding hydrogens is 650 g/mol. The number of carbonyl (C=O) groups excluding carboxylic acids is 1. The molecule has 0 atom stereocenters. The first-order valence-electron chi connectivity index (χ1n) is 16.0. The number of aromatic nitrogens is 6. The van der Waals surface area contributed by atoms with Crippen molar-refractivity contribution in [2.75, 3.05) is 54.5 Å². The topological polar surface area (TPSA) is 135 Å². The van der Waals surface area contributed by atoms with Crippen LogP contribution in [0.1, 0.15) is 55.9 Å². The highest BCUT2D eigenvalue weighted by Gasteiger charge is 2.35. The van der Waals surface area contributed by atoms with E-state index in [1.54, 1.807) is 10.8 Å². The zero-order valence-electron chi connectivity index (χ0n) is 27.5. The molecule has 0 bridgehead atoms. The standard InChI is InChI=1S/C32H37F4N9O4/c1-5-24-27(42-10-8-41(9-11-42)25-16-37-44(18(2)3)29(25)47)30(48)45-31(39-28(40-45)20-6-12-49-13-7-20)43(24)17-26(46)38-23-15-22(33)21(14-19(23)4)32(34,35)36/h6,14-16,18,47H,5,7-13,17H2,1-4H3,(H,38,46). The van der Waals surface area contributed by atoms with Gasteiger partial charge in [0, 0.05) is 31.9 Å². The third-order valence-electron chi connectivity index (χ3n) is 8.78. The van der Waals surface area contributed by atoms with E-state index in [0.717, 1.165) is 5.57 Å². The van der Waals surface area contributed by atoms with Gasteiger partial charge < -0.3 is 29.5 Å². The average Bonchev–Trinajstić information content (AvgIpc) is 3.68. The molecule has 2 aliphatic heterocycles. The van der Waals surface area contributed by atoms with Gasteiger partial charge in [-0.1, -0.05) is 13.0 Å². The summed E-state index contributed by atoms with van der Waals surface area (Å²) in [5, 5.41) is 22.1. The lowest BCUT2D eigenvalue weighted by molar-refractivity contribution is -0.140. The van der Waals surface area contributed by atoms with Gasteiger partial charge in [-0.2, -0.15) is 27.8 Å². The number of halogens is 4.